The SMILES string of the molecule is CN=C(NCCC1CCN(C)CC1)N1CCCC(CC(N)=O)C1.I. The minimum atomic E-state index is -0.193. The van der Waals surface area contributed by atoms with Crippen molar-refractivity contribution >= 4 is 35.8 Å². The number of hydrogen-bond acceptors (Lipinski definition) is 3. The number of primary amides is 1. The van der Waals surface area contributed by atoms with E-state index in [2.05, 4.69) is 27.2 Å². The lowest BCUT2D eigenvalue weighted by molar-refractivity contribution is -0.119. The Morgan fingerprint density at radius 2 is 1.92 bits per heavy atom. The molecular weight excluding hydrogens is 417 g/mol. The van der Waals surface area contributed by atoms with Gasteiger partial charge in [-0.15, -0.1) is 24.0 Å². The van der Waals surface area contributed by atoms with E-state index in [1.54, 1.807) is 0 Å². The predicted octanol–water partition coefficient (Wildman–Crippen LogP) is 1.50. The molecule has 0 spiro atoms. The predicted molar refractivity (Wildman–Crippen MR) is 110 cm³/mol. The molecule has 0 saturated carbocycles. The highest BCUT2D eigenvalue weighted by Gasteiger charge is 2.23. The van der Waals surface area contributed by atoms with Crippen LogP contribution in [-0.2, 0) is 4.79 Å². The van der Waals surface area contributed by atoms with E-state index in [-0.39, 0.29) is 29.9 Å². The summed E-state index contributed by atoms with van der Waals surface area (Å²) in [5, 5.41) is 3.52. The molecule has 3 N–H and O–H groups in total. The Kier molecular flexibility index (Phi) is 9.95. The summed E-state index contributed by atoms with van der Waals surface area (Å²) in [6.07, 6.45) is 6.51. The van der Waals surface area contributed by atoms with E-state index >= 15 is 0 Å². The van der Waals surface area contributed by atoms with Crippen molar-refractivity contribution in [1.29, 1.82) is 0 Å². The highest BCUT2D eigenvalue weighted by Crippen LogP contribution is 2.20. The van der Waals surface area contributed by atoms with Gasteiger partial charge in [0.2, 0.25) is 5.91 Å². The van der Waals surface area contributed by atoms with Gasteiger partial charge in [-0.25, -0.2) is 0 Å². The lowest BCUT2D eigenvalue weighted by Crippen LogP contribution is -2.47. The molecule has 1 amide bonds. The van der Waals surface area contributed by atoms with Crippen molar-refractivity contribution in [1.82, 2.24) is 15.1 Å². The molecule has 1 unspecified atom stereocenters. The smallest absolute Gasteiger partial charge is 0.217 e. The van der Waals surface area contributed by atoms with Gasteiger partial charge in [0, 0.05) is 33.1 Å². The molecule has 0 bridgehead atoms. The van der Waals surface area contributed by atoms with Gasteiger partial charge in [-0.2, -0.15) is 0 Å². The first kappa shape index (κ1) is 21.5. The van der Waals surface area contributed by atoms with Crippen molar-refractivity contribution in [2.24, 2.45) is 22.6 Å². The molecule has 0 aromatic carbocycles. The maximum Gasteiger partial charge on any atom is 0.217 e. The number of nitrogens with one attached hydrogen (secondary N) is 1. The van der Waals surface area contributed by atoms with Crippen LogP contribution in [0.4, 0.5) is 0 Å². The minimum Gasteiger partial charge on any atom is -0.370 e. The fourth-order valence-electron chi connectivity index (χ4n) is 3.78. The van der Waals surface area contributed by atoms with E-state index in [1.807, 2.05) is 7.05 Å². The molecule has 7 heteroatoms. The van der Waals surface area contributed by atoms with E-state index in [9.17, 15) is 4.79 Å². The molecular formula is C17H34IN5O. The van der Waals surface area contributed by atoms with Crippen molar-refractivity contribution in [3.05, 3.63) is 0 Å². The normalized spacial score (nSPS) is 23.7. The topological polar surface area (TPSA) is 74.0 Å². The fourth-order valence-corrected chi connectivity index (χ4v) is 3.78. The molecule has 0 aromatic heterocycles. The minimum absolute atomic E-state index is 0. The van der Waals surface area contributed by atoms with Gasteiger partial charge in [0.1, 0.15) is 0 Å². The second kappa shape index (κ2) is 11.1. The monoisotopic (exact) mass is 451 g/mol. The summed E-state index contributed by atoms with van der Waals surface area (Å²) >= 11 is 0. The van der Waals surface area contributed by atoms with Crippen molar-refractivity contribution in [3.63, 3.8) is 0 Å². The van der Waals surface area contributed by atoms with Crippen LogP contribution in [0.1, 0.15) is 38.5 Å². The first-order chi connectivity index (χ1) is 11.1. The van der Waals surface area contributed by atoms with Gasteiger partial charge in [0.25, 0.3) is 0 Å². The van der Waals surface area contributed by atoms with Gasteiger partial charge >= 0.3 is 0 Å². The molecule has 2 heterocycles. The van der Waals surface area contributed by atoms with Crippen LogP contribution in [0.5, 0.6) is 0 Å². The first-order valence-corrected chi connectivity index (χ1v) is 9.01. The Hall–Kier alpha value is -0.570. The Labute approximate surface area is 163 Å². The molecule has 0 aliphatic carbocycles. The third kappa shape index (κ3) is 7.13. The maximum absolute atomic E-state index is 11.1. The zero-order valence-corrected chi connectivity index (χ0v) is 17.5. The van der Waals surface area contributed by atoms with E-state index in [1.165, 1.54) is 32.4 Å². The van der Waals surface area contributed by atoms with Crippen LogP contribution in [0.25, 0.3) is 0 Å². The summed E-state index contributed by atoms with van der Waals surface area (Å²) in [6.45, 7) is 5.33. The summed E-state index contributed by atoms with van der Waals surface area (Å²) in [5.41, 5.74) is 5.34. The van der Waals surface area contributed by atoms with E-state index in [0.29, 0.717) is 12.3 Å². The fraction of sp³-hybridized carbons (Fsp3) is 0.882. The quantitative estimate of drug-likeness (QED) is 0.378. The Balaban J connectivity index is 0.00000288. The van der Waals surface area contributed by atoms with E-state index < -0.39 is 0 Å². The average molecular weight is 451 g/mol. The molecule has 2 rings (SSSR count). The van der Waals surface area contributed by atoms with Gasteiger partial charge in [-0.1, -0.05) is 0 Å². The van der Waals surface area contributed by atoms with Gasteiger partial charge in [-0.3, -0.25) is 9.79 Å². The van der Waals surface area contributed by atoms with Crippen molar-refractivity contribution < 1.29 is 4.79 Å². The number of carbonyl (C=O) groups excluding carboxylic acids is 1. The summed E-state index contributed by atoms with van der Waals surface area (Å²) in [7, 11) is 4.05. The zero-order chi connectivity index (χ0) is 16.7. The molecule has 140 valence electrons. The average Bonchev–Trinajstić information content (AvgIpc) is 2.53. The van der Waals surface area contributed by atoms with Gasteiger partial charge < -0.3 is 20.9 Å². The summed E-state index contributed by atoms with van der Waals surface area (Å²) < 4.78 is 0. The Morgan fingerprint density at radius 1 is 1.21 bits per heavy atom. The van der Waals surface area contributed by atoms with Crippen molar-refractivity contribution in [2.75, 3.05) is 46.8 Å². The molecule has 1 atom stereocenters. The lowest BCUT2D eigenvalue weighted by Gasteiger charge is -2.35. The number of nitrogens with zero attached hydrogens (tertiary/aromatic N) is 3. The largest absolute Gasteiger partial charge is 0.370 e. The maximum atomic E-state index is 11.1. The van der Waals surface area contributed by atoms with Crippen LogP contribution < -0.4 is 11.1 Å². The number of halogens is 1. The van der Waals surface area contributed by atoms with Crippen LogP contribution in [0.2, 0.25) is 0 Å². The zero-order valence-electron chi connectivity index (χ0n) is 15.2. The molecule has 0 radical (unpaired) electrons. The number of nitrogens with two attached hydrogens (primary N) is 1. The second-order valence-corrected chi connectivity index (χ2v) is 7.13. The van der Waals surface area contributed by atoms with Crippen molar-refractivity contribution in [2.45, 2.75) is 38.5 Å². The number of likely N-dealkylation sites (tertiary alicyclic amines) is 2. The number of carbonyl (C=O) groups is 1. The number of rotatable bonds is 5. The number of amides is 1. The third-order valence-electron chi connectivity index (χ3n) is 5.19. The van der Waals surface area contributed by atoms with Crippen LogP contribution >= 0.6 is 24.0 Å². The van der Waals surface area contributed by atoms with Crippen LogP contribution in [0.15, 0.2) is 4.99 Å². The molecule has 0 aromatic rings. The summed E-state index contributed by atoms with van der Waals surface area (Å²) in [4.78, 5) is 20.3. The van der Waals surface area contributed by atoms with E-state index in [0.717, 1.165) is 44.4 Å². The number of guanidine groups is 1. The lowest BCUT2D eigenvalue weighted by atomic mass is 9.94. The molecule has 2 fully saturated rings. The standard InChI is InChI=1S/C17H33N5O.HI/c1-19-17(20-8-5-14-6-10-21(2)11-7-14)22-9-3-4-15(13-22)12-16(18)23;/h14-15H,3-13H2,1-2H3,(H2,18,23)(H,19,20);1H. The highest BCUT2D eigenvalue weighted by atomic mass is 127. The van der Waals surface area contributed by atoms with Gasteiger partial charge in [0.05, 0.1) is 0 Å². The highest BCUT2D eigenvalue weighted by molar-refractivity contribution is 14.0. The number of aliphatic imine (C=N–C) groups is 1. The van der Waals surface area contributed by atoms with E-state index in [4.69, 9.17) is 5.73 Å². The molecule has 6 nitrogen and oxygen atoms in total. The molecule has 24 heavy (non-hydrogen) atoms. The Morgan fingerprint density at radius 3 is 2.54 bits per heavy atom. The third-order valence-corrected chi connectivity index (χ3v) is 5.19. The number of hydrogen-bond donors (Lipinski definition) is 2. The summed E-state index contributed by atoms with van der Waals surface area (Å²) in [5.74, 6) is 1.99. The molecule has 2 aliphatic rings. The van der Waals surface area contributed by atoms with Gasteiger partial charge in [-0.05, 0) is 64.1 Å². The van der Waals surface area contributed by atoms with Crippen molar-refractivity contribution in [3.8, 4) is 0 Å². The molecule has 2 aliphatic heterocycles. The summed E-state index contributed by atoms with van der Waals surface area (Å²) in [6, 6.07) is 0. The first-order valence-electron chi connectivity index (χ1n) is 9.01. The molecule has 2 saturated heterocycles. The van der Waals surface area contributed by atoms with Crippen LogP contribution in [-0.4, -0.2) is 68.5 Å². The van der Waals surface area contributed by atoms with Crippen LogP contribution in [0, 0.1) is 11.8 Å². The van der Waals surface area contributed by atoms with Gasteiger partial charge in [0.15, 0.2) is 5.96 Å². The Bertz CT molecular complexity index is 410. The van der Waals surface area contributed by atoms with Crippen LogP contribution in [0.3, 0.4) is 0 Å². The second-order valence-electron chi connectivity index (χ2n) is 7.13. The number of piperidine rings is 2.